The Kier molecular flexibility index (Phi) is 6.14. The van der Waals surface area contributed by atoms with E-state index < -0.39 is 17.6 Å². The lowest BCUT2D eigenvalue weighted by Crippen LogP contribution is -2.13. The number of carbonyl (C=O) groups is 2. The number of ketones is 1. The summed E-state index contributed by atoms with van der Waals surface area (Å²) in [4.78, 5) is 31.5. The zero-order chi connectivity index (χ0) is 17.5. The van der Waals surface area contributed by atoms with Gasteiger partial charge >= 0.3 is 5.97 Å². The van der Waals surface area contributed by atoms with Gasteiger partial charge < -0.3 is 4.74 Å². The summed E-state index contributed by atoms with van der Waals surface area (Å²) < 4.78 is 19.3. The Hall–Kier alpha value is -2.60. The van der Waals surface area contributed by atoms with E-state index in [1.807, 2.05) is 0 Å². The van der Waals surface area contributed by atoms with Crippen LogP contribution in [0.5, 0.6) is 0 Å². The number of carbonyl (C=O) groups excluding carboxylic acids is 2. The van der Waals surface area contributed by atoms with E-state index >= 15 is 0 Å². The van der Waals surface area contributed by atoms with Crippen molar-refractivity contribution in [2.24, 2.45) is 0 Å². The SMILES string of the molecule is C=CCOC(=O)Cc1cccc(C(=O)Cc2ccnc(Cl)n2)c1F. The molecule has 0 aliphatic heterocycles. The van der Waals surface area contributed by atoms with E-state index in [1.165, 1.54) is 36.5 Å². The molecular weight excluding hydrogens is 335 g/mol. The van der Waals surface area contributed by atoms with Gasteiger partial charge in [0.05, 0.1) is 24.1 Å². The first-order valence-corrected chi connectivity index (χ1v) is 7.43. The van der Waals surface area contributed by atoms with Crippen LogP contribution in [0, 0.1) is 5.82 Å². The molecule has 0 saturated carbocycles. The molecule has 2 aromatic rings. The van der Waals surface area contributed by atoms with Gasteiger partial charge in [-0.05, 0) is 29.3 Å². The number of Topliss-reactive ketones (excluding diaryl/α,β-unsaturated/α-hetero) is 1. The predicted octanol–water partition coefficient (Wildman–Crippen LogP) is 2.97. The van der Waals surface area contributed by atoms with Crippen LogP contribution >= 0.6 is 11.6 Å². The van der Waals surface area contributed by atoms with E-state index in [1.54, 1.807) is 0 Å². The van der Waals surface area contributed by atoms with E-state index in [0.717, 1.165) is 0 Å². The van der Waals surface area contributed by atoms with Crippen molar-refractivity contribution in [2.75, 3.05) is 6.61 Å². The molecule has 0 radical (unpaired) electrons. The Bertz CT molecular complexity index is 780. The topological polar surface area (TPSA) is 69.2 Å². The maximum atomic E-state index is 14.5. The van der Waals surface area contributed by atoms with E-state index in [2.05, 4.69) is 16.5 Å². The van der Waals surface area contributed by atoms with Gasteiger partial charge in [-0.15, -0.1) is 0 Å². The van der Waals surface area contributed by atoms with Crippen LogP contribution in [0.2, 0.25) is 5.28 Å². The molecule has 1 aromatic carbocycles. The largest absolute Gasteiger partial charge is 0.461 e. The molecule has 5 nitrogen and oxygen atoms in total. The summed E-state index contributed by atoms with van der Waals surface area (Å²) in [6.07, 6.45) is 2.45. The molecular formula is C17H14ClFN2O3. The van der Waals surface area contributed by atoms with Gasteiger partial charge in [0.15, 0.2) is 5.78 Å². The van der Waals surface area contributed by atoms with E-state index in [-0.39, 0.29) is 35.9 Å². The highest BCUT2D eigenvalue weighted by molar-refractivity contribution is 6.28. The second-order valence-electron chi connectivity index (χ2n) is 4.84. The van der Waals surface area contributed by atoms with Crippen molar-refractivity contribution in [3.63, 3.8) is 0 Å². The molecule has 1 aromatic heterocycles. The van der Waals surface area contributed by atoms with Crippen molar-refractivity contribution < 1.29 is 18.7 Å². The number of hydrogen-bond acceptors (Lipinski definition) is 5. The van der Waals surface area contributed by atoms with Crippen molar-refractivity contribution in [1.29, 1.82) is 0 Å². The van der Waals surface area contributed by atoms with Gasteiger partial charge in [-0.2, -0.15) is 0 Å². The highest BCUT2D eigenvalue weighted by atomic mass is 35.5. The summed E-state index contributed by atoms with van der Waals surface area (Å²) in [5, 5.41) is 0.0134. The molecule has 0 saturated heterocycles. The summed E-state index contributed by atoms with van der Waals surface area (Å²) in [7, 11) is 0. The lowest BCUT2D eigenvalue weighted by molar-refractivity contribution is -0.141. The van der Waals surface area contributed by atoms with Crippen LogP contribution < -0.4 is 0 Å². The molecule has 0 spiro atoms. The third-order valence-electron chi connectivity index (χ3n) is 3.10. The number of benzene rings is 1. The Morgan fingerprint density at radius 3 is 2.79 bits per heavy atom. The second kappa shape index (κ2) is 8.31. The van der Waals surface area contributed by atoms with E-state index in [9.17, 15) is 14.0 Å². The minimum atomic E-state index is -0.738. The molecule has 0 fully saturated rings. The molecule has 0 amide bonds. The first-order chi connectivity index (χ1) is 11.5. The fourth-order valence-corrected chi connectivity index (χ4v) is 2.18. The monoisotopic (exact) mass is 348 g/mol. The molecule has 0 aliphatic carbocycles. The lowest BCUT2D eigenvalue weighted by Gasteiger charge is -2.08. The van der Waals surface area contributed by atoms with Crippen LogP contribution in [0.25, 0.3) is 0 Å². The van der Waals surface area contributed by atoms with Gasteiger partial charge in [-0.25, -0.2) is 14.4 Å². The molecule has 24 heavy (non-hydrogen) atoms. The smallest absolute Gasteiger partial charge is 0.310 e. The number of hydrogen-bond donors (Lipinski definition) is 0. The maximum absolute atomic E-state index is 14.5. The van der Waals surface area contributed by atoms with Crippen LogP contribution in [0.1, 0.15) is 21.6 Å². The molecule has 0 atom stereocenters. The van der Waals surface area contributed by atoms with Crippen molar-refractivity contribution in [3.8, 4) is 0 Å². The molecule has 124 valence electrons. The Morgan fingerprint density at radius 1 is 1.29 bits per heavy atom. The highest BCUT2D eigenvalue weighted by Gasteiger charge is 2.18. The van der Waals surface area contributed by atoms with Crippen molar-refractivity contribution in [1.82, 2.24) is 9.97 Å². The number of nitrogens with zero attached hydrogens (tertiary/aromatic N) is 2. The Morgan fingerprint density at radius 2 is 2.08 bits per heavy atom. The van der Waals surface area contributed by atoms with Crippen LogP contribution in [0.3, 0.4) is 0 Å². The Labute approximate surface area is 143 Å². The summed E-state index contributed by atoms with van der Waals surface area (Å²) in [6, 6.07) is 5.83. The fraction of sp³-hybridized carbons (Fsp3) is 0.176. The molecule has 0 unspecified atom stereocenters. The molecule has 7 heteroatoms. The molecule has 2 rings (SSSR count). The lowest BCUT2D eigenvalue weighted by atomic mass is 10.0. The second-order valence-corrected chi connectivity index (χ2v) is 5.18. The van der Waals surface area contributed by atoms with Gasteiger partial charge in [-0.1, -0.05) is 24.8 Å². The minimum Gasteiger partial charge on any atom is -0.461 e. The van der Waals surface area contributed by atoms with Gasteiger partial charge in [0.1, 0.15) is 12.4 Å². The van der Waals surface area contributed by atoms with Crippen molar-refractivity contribution in [3.05, 3.63) is 71.0 Å². The van der Waals surface area contributed by atoms with Gasteiger partial charge in [0.2, 0.25) is 5.28 Å². The summed E-state index contributed by atoms with van der Waals surface area (Å²) >= 11 is 5.66. The number of esters is 1. The number of rotatable bonds is 7. The first-order valence-electron chi connectivity index (χ1n) is 7.05. The molecule has 0 N–H and O–H groups in total. The summed E-state index contributed by atoms with van der Waals surface area (Å²) in [5.74, 6) is -1.80. The third-order valence-corrected chi connectivity index (χ3v) is 3.28. The standard InChI is InChI=1S/C17H14ClFN2O3/c1-2-8-24-15(23)9-11-4-3-5-13(16(11)19)14(22)10-12-6-7-20-17(18)21-12/h2-7H,1,8-10H2. The number of aromatic nitrogens is 2. The van der Waals surface area contributed by atoms with E-state index in [4.69, 9.17) is 16.3 Å². The zero-order valence-electron chi connectivity index (χ0n) is 12.7. The average molecular weight is 349 g/mol. The zero-order valence-corrected chi connectivity index (χ0v) is 13.4. The predicted molar refractivity (Wildman–Crippen MR) is 86.3 cm³/mol. The van der Waals surface area contributed by atoms with Crippen LogP contribution in [-0.2, 0) is 22.4 Å². The van der Waals surface area contributed by atoms with Gasteiger partial charge in [0, 0.05) is 6.20 Å². The highest BCUT2D eigenvalue weighted by Crippen LogP contribution is 2.16. The molecule has 0 bridgehead atoms. The Balaban J connectivity index is 2.15. The van der Waals surface area contributed by atoms with Crippen molar-refractivity contribution >= 4 is 23.4 Å². The van der Waals surface area contributed by atoms with Crippen LogP contribution in [-0.4, -0.2) is 28.3 Å². The average Bonchev–Trinajstić information content (AvgIpc) is 2.54. The van der Waals surface area contributed by atoms with Crippen LogP contribution in [0.4, 0.5) is 4.39 Å². The van der Waals surface area contributed by atoms with Gasteiger partial charge in [-0.3, -0.25) is 9.59 Å². The van der Waals surface area contributed by atoms with Crippen LogP contribution in [0.15, 0.2) is 43.1 Å². The number of ether oxygens (including phenoxy) is 1. The van der Waals surface area contributed by atoms with Gasteiger partial charge in [0.25, 0.3) is 0 Å². The minimum absolute atomic E-state index is 0.0134. The summed E-state index contributed by atoms with van der Waals surface area (Å²) in [5.41, 5.74) is 0.365. The van der Waals surface area contributed by atoms with Crippen molar-refractivity contribution in [2.45, 2.75) is 12.8 Å². The normalized spacial score (nSPS) is 10.2. The maximum Gasteiger partial charge on any atom is 0.310 e. The number of halogens is 2. The van der Waals surface area contributed by atoms with E-state index in [0.29, 0.717) is 5.69 Å². The first kappa shape index (κ1) is 17.7. The molecule has 0 aliphatic rings. The molecule has 1 heterocycles. The fourth-order valence-electron chi connectivity index (χ4n) is 2.02. The summed E-state index contributed by atoms with van der Waals surface area (Å²) in [6.45, 7) is 3.47. The quantitative estimate of drug-likeness (QED) is 0.333. The third kappa shape index (κ3) is 4.70.